The van der Waals surface area contributed by atoms with Crippen LogP contribution in [0.1, 0.15) is 20.8 Å². The van der Waals surface area contributed by atoms with E-state index < -0.39 is 8.24 Å². The maximum absolute atomic E-state index is 6.29. The van der Waals surface area contributed by atoms with Gasteiger partial charge in [0.2, 0.25) is 0 Å². The van der Waals surface area contributed by atoms with Gasteiger partial charge in [0.1, 0.15) is 11.2 Å². The normalized spacial score (nSPS) is 12.2. The van der Waals surface area contributed by atoms with E-state index in [2.05, 4.69) is 60.7 Å². The first-order valence-electron chi connectivity index (χ1n) is 9.39. The minimum Gasteiger partial charge on any atom is -0.399 e. The summed E-state index contributed by atoms with van der Waals surface area (Å²) in [6.07, 6.45) is 0. The fourth-order valence-electron chi connectivity index (χ4n) is 3.61. The van der Waals surface area contributed by atoms with Gasteiger partial charge < -0.3 is 8.39 Å². The lowest BCUT2D eigenvalue weighted by Gasteiger charge is -2.15. The maximum atomic E-state index is 6.29. The van der Waals surface area contributed by atoms with Crippen LogP contribution in [0.5, 0.6) is 0 Å². The van der Waals surface area contributed by atoms with Crippen LogP contribution in [0.15, 0.2) is 81.2 Å². The maximum Gasteiger partial charge on any atom is 0.387 e. The smallest absolute Gasteiger partial charge is 0.387 e. The molecule has 0 saturated heterocycles. The summed E-state index contributed by atoms with van der Waals surface area (Å²) >= 11 is 0. The van der Waals surface area contributed by atoms with E-state index in [1.165, 1.54) is 10.8 Å². The Kier molecular flexibility index (Phi) is 3.97. The van der Waals surface area contributed by atoms with Crippen molar-refractivity contribution in [2.24, 2.45) is 0 Å². The van der Waals surface area contributed by atoms with Gasteiger partial charge in [0.15, 0.2) is 0 Å². The molecule has 3 nitrogen and oxygen atoms in total. The van der Waals surface area contributed by atoms with Crippen molar-refractivity contribution in [1.29, 1.82) is 0 Å². The van der Waals surface area contributed by atoms with Gasteiger partial charge in [0, 0.05) is 10.8 Å². The van der Waals surface area contributed by atoms with Crippen molar-refractivity contribution in [3.05, 3.63) is 72.8 Å². The molecule has 5 aromatic rings. The molecule has 140 valence electrons. The molecule has 0 bridgehead atoms. The molecule has 5 rings (SSSR count). The summed E-state index contributed by atoms with van der Waals surface area (Å²) in [6.45, 7) is 6.03. The van der Waals surface area contributed by atoms with Gasteiger partial charge in [0.25, 0.3) is 0 Å². The highest BCUT2D eigenvalue weighted by Gasteiger charge is 2.18. The van der Waals surface area contributed by atoms with Crippen molar-refractivity contribution in [1.82, 2.24) is 0 Å². The zero-order valence-electron chi connectivity index (χ0n) is 16.1. The Balaban J connectivity index is 2.07. The topological polar surface area (TPSA) is 35.5 Å². The molecule has 4 heteroatoms. The Hall–Kier alpha value is -2.74. The lowest BCUT2D eigenvalue weighted by molar-refractivity contribution is 0.184. The van der Waals surface area contributed by atoms with Crippen molar-refractivity contribution in [2.75, 3.05) is 0 Å². The van der Waals surface area contributed by atoms with E-state index in [9.17, 15) is 0 Å². The lowest BCUT2D eigenvalue weighted by atomic mass is 9.99. The van der Waals surface area contributed by atoms with Gasteiger partial charge in [0.05, 0.1) is 5.60 Å². The van der Waals surface area contributed by atoms with Crippen molar-refractivity contribution in [3.8, 4) is 0 Å². The third kappa shape index (κ3) is 2.97. The number of hydrogen-bond donors (Lipinski definition) is 0. The Morgan fingerprint density at radius 3 is 1.57 bits per heavy atom. The molecule has 0 amide bonds. The molecule has 0 radical (unpaired) electrons. The van der Waals surface area contributed by atoms with Crippen molar-refractivity contribution < 1.29 is 12.9 Å². The fraction of sp³-hybridized carbons (Fsp3) is 0.167. The molecule has 0 N–H and O–H groups in total. The second-order valence-electron chi connectivity index (χ2n) is 7.93. The van der Waals surface area contributed by atoms with Crippen molar-refractivity contribution >= 4 is 51.7 Å². The number of hydrogen-bond acceptors (Lipinski definition) is 3. The average Bonchev–Trinajstić information content (AvgIpc) is 2.82. The van der Waals surface area contributed by atoms with E-state index in [1.54, 1.807) is 0 Å². The summed E-state index contributed by atoms with van der Waals surface area (Å²) in [5, 5.41) is 6.76. The van der Waals surface area contributed by atoms with Gasteiger partial charge in [-0.15, -0.1) is 0 Å². The highest BCUT2D eigenvalue weighted by atomic mass is 31.1. The Labute approximate surface area is 164 Å². The van der Waals surface area contributed by atoms with Crippen LogP contribution in [0.2, 0.25) is 0 Å². The Morgan fingerprint density at radius 2 is 1.11 bits per heavy atom. The van der Waals surface area contributed by atoms with Crippen molar-refractivity contribution in [3.63, 3.8) is 0 Å². The van der Waals surface area contributed by atoms with Crippen LogP contribution in [-0.4, -0.2) is 5.60 Å². The highest BCUT2D eigenvalue weighted by Crippen LogP contribution is 2.41. The Bertz CT molecular complexity index is 1280. The van der Waals surface area contributed by atoms with Crippen LogP contribution in [0.4, 0.5) is 0 Å². The first-order valence-corrected chi connectivity index (χ1v) is 10.5. The minimum absolute atomic E-state index is 0.371. The average molecular weight is 388 g/mol. The summed E-state index contributed by atoms with van der Waals surface area (Å²) in [6, 6.07) is 25.0. The molecular weight excluding hydrogens is 367 g/mol. The van der Waals surface area contributed by atoms with Gasteiger partial charge in [-0.3, -0.25) is 4.52 Å². The molecule has 1 aromatic heterocycles. The zero-order chi connectivity index (χ0) is 19.3. The summed E-state index contributed by atoms with van der Waals surface area (Å²) in [4.78, 5) is 0. The summed E-state index contributed by atoms with van der Waals surface area (Å²) < 4.78 is 18.7. The monoisotopic (exact) mass is 388 g/mol. The second-order valence-corrected chi connectivity index (χ2v) is 8.92. The van der Waals surface area contributed by atoms with Crippen LogP contribution >= 0.6 is 8.24 Å². The predicted molar refractivity (Wildman–Crippen MR) is 118 cm³/mol. The van der Waals surface area contributed by atoms with Gasteiger partial charge >= 0.3 is 8.24 Å². The van der Waals surface area contributed by atoms with Crippen LogP contribution in [0.3, 0.4) is 0 Å². The van der Waals surface area contributed by atoms with E-state index in [0.717, 1.165) is 32.7 Å². The van der Waals surface area contributed by atoms with Gasteiger partial charge in [-0.1, -0.05) is 60.7 Å². The molecular formula is C24H21O3P. The molecule has 0 fully saturated rings. The molecule has 1 heterocycles. The first kappa shape index (κ1) is 17.4. The van der Waals surface area contributed by atoms with Crippen LogP contribution < -0.4 is 4.52 Å². The molecule has 0 aliphatic carbocycles. The molecule has 0 atom stereocenters. The second kappa shape index (κ2) is 6.41. The summed E-state index contributed by atoms with van der Waals surface area (Å²) in [7, 11) is -1.57. The minimum atomic E-state index is -1.57. The molecule has 0 spiro atoms. The number of fused-ring (bicyclic) bond motifs is 7. The predicted octanol–water partition coefficient (Wildman–Crippen LogP) is 7.82. The molecule has 28 heavy (non-hydrogen) atoms. The third-order valence-electron chi connectivity index (χ3n) is 4.73. The summed E-state index contributed by atoms with van der Waals surface area (Å²) in [5.41, 5.74) is 1.22. The van der Waals surface area contributed by atoms with E-state index in [0.29, 0.717) is 0 Å². The SMILES string of the molecule is CC(C)(C)Op1oc2ccc3ccccc3c2c2c(ccc3ccccc32)o1. The van der Waals surface area contributed by atoms with E-state index in [4.69, 9.17) is 12.9 Å². The summed E-state index contributed by atoms with van der Waals surface area (Å²) in [5.74, 6) is 0. The zero-order valence-corrected chi connectivity index (χ0v) is 17.0. The van der Waals surface area contributed by atoms with Gasteiger partial charge in [-0.25, -0.2) is 0 Å². The van der Waals surface area contributed by atoms with E-state index >= 15 is 0 Å². The molecule has 0 unspecified atom stereocenters. The first-order chi connectivity index (χ1) is 13.5. The lowest BCUT2D eigenvalue weighted by Crippen LogP contribution is -2.21. The quantitative estimate of drug-likeness (QED) is 0.294. The third-order valence-corrected chi connectivity index (χ3v) is 6.11. The standard InChI is InChI=1S/C24H21O3P/c1-24(2,3)27-28-25-20-14-12-16-8-4-6-10-18(16)22(20)23-19-11-7-5-9-17(19)13-15-21(23)26-28/h4-15H,1-3H3. The largest absolute Gasteiger partial charge is 0.399 e. The molecule has 0 saturated carbocycles. The van der Waals surface area contributed by atoms with Crippen LogP contribution in [0, 0.1) is 0 Å². The van der Waals surface area contributed by atoms with Gasteiger partial charge in [-0.05, 0) is 54.4 Å². The molecule has 0 aliphatic rings. The number of rotatable bonds is 1. The van der Waals surface area contributed by atoms with Gasteiger partial charge in [-0.2, -0.15) is 0 Å². The van der Waals surface area contributed by atoms with Crippen molar-refractivity contribution in [2.45, 2.75) is 26.4 Å². The molecule has 4 aromatic carbocycles. The Morgan fingerprint density at radius 1 is 0.643 bits per heavy atom. The fourth-order valence-corrected chi connectivity index (χ4v) is 4.80. The van der Waals surface area contributed by atoms with E-state index in [1.807, 2.05) is 32.9 Å². The van der Waals surface area contributed by atoms with E-state index in [-0.39, 0.29) is 5.60 Å². The number of benzene rings is 4. The molecule has 0 aliphatic heterocycles. The highest BCUT2D eigenvalue weighted by molar-refractivity contribution is 7.31. The van der Waals surface area contributed by atoms with Crippen LogP contribution in [-0.2, 0) is 0 Å². The van der Waals surface area contributed by atoms with Crippen LogP contribution in [0.25, 0.3) is 43.5 Å².